The third-order valence-corrected chi connectivity index (χ3v) is 5.52. The number of hydrogen-bond donors (Lipinski definition) is 2. The number of dihydropyridines is 1. The van der Waals surface area contributed by atoms with Crippen LogP contribution in [0.2, 0.25) is 0 Å². The van der Waals surface area contributed by atoms with Crippen molar-refractivity contribution in [1.29, 1.82) is 0 Å². The van der Waals surface area contributed by atoms with E-state index in [0.29, 0.717) is 35.2 Å². The minimum Gasteiger partial charge on any atom is -0.504 e. The number of ketones is 1. The summed E-state index contributed by atoms with van der Waals surface area (Å²) in [4.78, 5) is 26.2. The van der Waals surface area contributed by atoms with Crippen LogP contribution in [-0.2, 0) is 19.1 Å². The second-order valence-corrected chi connectivity index (χ2v) is 8.49. The Morgan fingerprint density at radius 2 is 1.97 bits per heavy atom. The Morgan fingerprint density at radius 3 is 2.63 bits per heavy atom. The molecule has 0 fully saturated rings. The molecule has 1 aromatic rings. The first-order valence-electron chi connectivity index (χ1n) is 9.95. The summed E-state index contributed by atoms with van der Waals surface area (Å²) >= 11 is 0. The molecule has 1 atom stereocenters. The first-order valence-corrected chi connectivity index (χ1v) is 9.95. The standard InChI is InChI=1S/C23H29NO6/c1-13-19(22(27)30-9-8-28-4)20(14-6-7-16(25)18(10-14)29-5)21-15(24-13)11-23(2,3)12-17(21)26/h6-7,10,20,24-25H,8-9,11-12H2,1-5H3/t20-/m1/s1. The van der Waals surface area contributed by atoms with Crippen LogP contribution in [0.4, 0.5) is 0 Å². The summed E-state index contributed by atoms with van der Waals surface area (Å²) in [5, 5.41) is 13.3. The molecule has 30 heavy (non-hydrogen) atoms. The zero-order valence-electron chi connectivity index (χ0n) is 18.1. The van der Waals surface area contributed by atoms with Crippen LogP contribution in [0, 0.1) is 5.41 Å². The Kier molecular flexibility index (Phi) is 6.22. The van der Waals surface area contributed by atoms with Gasteiger partial charge in [0.1, 0.15) is 6.61 Å². The summed E-state index contributed by atoms with van der Waals surface area (Å²) in [5.74, 6) is -0.833. The molecule has 0 saturated heterocycles. The van der Waals surface area contributed by atoms with Crippen LogP contribution in [0.1, 0.15) is 45.1 Å². The molecule has 1 aliphatic carbocycles. The van der Waals surface area contributed by atoms with Gasteiger partial charge in [0.15, 0.2) is 17.3 Å². The van der Waals surface area contributed by atoms with Crippen LogP contribution >= 0.6 is 0 Å². The normalized spacial score (nSPS) is 20.6. The second-order valence-electron chi connectivity index (χ2n) is 8.49. The molecule has 0 radical (unpaired) electrons. The van der Waals surface area contributed by atoms with Crippen molar-refractivity contribution in [3.05, 3.63) is 46.3 Å². The lowest BCUT2D eigenvalue weighted by atomic mass is 9.68. The number of nitrogens with one attached hydrogen (secondary N) is 1. The minimum atomic E-state index is -0.602. The molecule has 7 heteroatoms. The minimum absolute atomic E-state index is 0.000448. The summed E-state index contributed by atoms with van der Waals surface area (Å²) in [5.41, 5.74) is 2.95. The van der Waals surface area contributed by atoms with Crippen molar-refractivity contribution in [1.82, 2.24) is 5.32 Å². The van der Waals surface area contributed by atoms with Crippen LogP contribution in [0.3, 0.4) is 0 Å². The van der Waals surface area contributed by atoms with E-state index in [1.807, 2.05) is 6.92 Å². The zero-order valence-corrected chi connectivity index (χ0v) is 18.1. The van der Waals surface area contributed by atoms with Gasteiger partial charge in [0.25, 0.3) is 0 Å². The molecule has 0 saturated carbocycles. The monoisotopic (exact) mass is 415 g/mol. The van der Waals surface area contributed by atoms with Gasteiger partial charge in [0.05, 0.1) is 19.3 Å². The van der Waals surface area contributed by atoms with Crippen molar-refractivity contribution in [3.8, 4) is 11.5 Å². The molecule has 0 amide bonds. The Bertz CT molecular complexity index is 928. The number of esters is 1. The Hall–Kier alpha value is -2.80. The maximum atomic E-state index is 13.2. The van der Waals surface area contributed by atoms with Crippen LogP contribution in [0.15, 0.2) is 40.7 Å². The van der Waals surface area contributed by atoms with E-state index in [9.17, 15) is 14.7 Å². The molecule has 0 spiro atoms. The Labute approximate surface area is 176 Å². The van der Waals surface area contributed by atoms with Gasteiger partial charge in [0, 0.05) is 36.4 Å². The molecule has 2 aliphatic rings. The number of phenols is 1. The Balaban J connectivity index is 2.12. The number of phenolic OH excluding ortho intramolecular Hbond substituents is 1. The summed E-state index contributed by atoms with van der Waals surface area (Å²) in [6.45, 7) is 6.33. The summed E-state index contributed by atoms with van der Waals surface area (Å²) < 4.78 is 15.6. The van der Waals surface area contributed by atoms with Crippen molar-refractivity contribution in [2.75, 3.05) is 27.4 Å². The summed E-state index contributed by atoms with van der Waals surface area (Å²) in [6.07, 6.45) is 1.09. The lowest BCUT2D eigenvalue weighted by Crippen LogP contribution is -2.38. The smallest absolute Gasteiger partial charge is 0.336 e. The first kappa shape index (κ1) is 21.9. The number of Topliss-reactive ketones (excluding diaryl/α,β-unsaturated/α-hetero) is 1. The van der Waals surface area contributed by atoms with Crippen molar-refractivity contribution in [3.63, 3.8) is 0 Å². The molecule has 0 aromatic heterocycles. The predicted molar refractivity (Wildman–Crippen MR) is 111 cm³/mol. The average Bonchev–Trinajstić information content (AvgIpc) is 2.66. The van der Waals surface area contributed by atoms with Gasteiger partial charge >= 0.3 is 5.97 Å². The molecule has 0 unspecified atom stereocenters. The van der Waals surface area contributed by atoms with Gasteiger partial charge in [0.2, 0.25) is 0 Å². The number of benzene rings is 1. The highest BCUT2D eigenvalue weighted by atomic mass is 16.6. The molecule has 1 heterocycles. The number of carbonyl (C=O) groups is 2. The van der Waals surface area contributed by atoms with Gasteiger partial charge in [-0.15, -0.1) is 0 Å². The molecule has 0 bridgehead atoms. The van der Waals surface area contributed by atoms with Crippen molar-refractivity contribution in [2.45, 2.75) is 39.5 Å². The van der Waals surface area contributed by atoms with Gasteiger partial charge < -0.3 is 24.6 Å². The molecule has 162 valence electrons. The molecule has 3 rings (SSSR count). The highest BCUT2D eigenvalue weighted by Gasteiger charge is 2.43. The third-order valence-electron chi connectivity index (χ3n) is 5.52. The van der Waals surface area contributed by atoms with E-state index in [1.54, 1.807) is 12.1 Å². The topological polar surface area (TPSA) is 94.1 Å². The number of aromatic hydroxyl groups is 1. The van der Waals surface area contributed by atoms with Crippen LogP contribution < -0.4 is 10.1 Å². The lowest BCUT2D eigenvalue weighted by molar-refractivity contribution is -0.140. The van der Waals surface area contributed by atoms with Crippen molar-refractivity contribution in [2.24, 2.45) is 5.41 Å². The fraction of sp³-hybridized carbons (Fsp3) is 0.478. The fourth-order valence-electron chi connectivity index (χ4n) is 4.21. The van der Waals surface area contributed by atoms with Gasteiger partial charge in [-0.25, -0.2) is 4.79 Å². The number of carbonyl (C=O) groups excluding carboxylic acids is 2. The maximum Gasteiger partial charge on any atom is 0.336 e. The van der Waals surface area contributed by atoms with E-state index in [2.05, 4.69) is 19.2 Å². The largest absolute Gasteiger partial charge is 0.504 e. The third kappa shape index (κ3) is 4.21. The lowest BCUT2D eigenvalue weighted by Gasteiger charge is -2.39. The van der Waals surface area contributed by atoms with E-state index < -0.39 is 11.9 Å². The van der Waals surface area contributed by atoms with Crippen LogP contribution in [-0.4, -0.2) is 44.3 Å². The molecule has 1 aliphatic heterocycles. The van der Waals surface area contributed by atoms with Crippen LogP contribution in [0.5, 0.6) is 11.5 Å². The average molecular weight is 415 g/mol. The quantitative estimate of drug-likeness (QED) is 0.544. The van der Waals surface area contributed by atoms with E-state index >= 15 is 0 Å². The maximum absolute atomic E-state index is 13.2. The summed E-state index contributed by atoms with van der Waals surface area (Å²) in [6, 6.07) is 4.89. The van der Waals surface area contributed by atoms with E-state index in [1.165, 1.54) is 20.3 Å². The predicted octanol–water partition coefficient (Wildman–Crippen LogP) is 3.19. The number of methoxy groups -OCH3 is 2. The highest BCUT2D eigenvalue weighted by Crippen LogP contribution is 2.47. The zero-order chi connectivity index (χ0) is 22.1. The number of rotatable bonds is 6. The van der Waals surface area contributed by atoms with Gasteiger partial charge in [-0.3, -0.25) is 4.79 Å². The number of allylic oxidation sites excluding steroid dienone is 3. The molecular weight excluding hydrogens is 386 g/mol. The summed E-state index contributed by atoms with van der Waals surface area (Å²) in [7, 11) is 2.99. The highest BCUT2D eigenvalue weighted by molar-refractivity contribution is 6.04. The molecule has 1 aromatic carbocycles. The van der Waals surface area contributed by atoms with Gasteiger partial charge in [-0.05, 0) is 36.5 Å². The van der Waals surface area contributed by atoms with Crippen LogP contribution in [0.25, 0.3) is 0 Å². The number of ether oxygens (including phenoxy) is 3. The first-order chi connectivity index (χ1) is 14.2. The molecular formula is C23H29NO6. The van der Waals surface area contributed by atoms with E-state index in [-0.39, 0.29) is 35.9 Å². The second kappa shape index (κ2) is 8.52. The van der Waals surface area contributed by atoms with E-state index in [4.69, 9.17) is 14.2 Å². The van der Waals surface area contributed by atoms with Gasteiger partial charge in [-0.2, -0.15) is 0 Å². The van der Waals surface area contributed by atoms with Crippen molar-refractivity contribution < 1.29 is 28.9 Å². The molecule has 2 N–H and O–H groups in total. The SMILES string of the molecule is COCCOC(=O)C1=C(C)NC2=C(C(=O)CC(C)(C)C2)[C@@H]1c1ccc(O)c(OC)c1. The fourth-order valence-corrected chi connectivity index (χ4v) is 4.21. The van der Waals surface area contributed by atoms with Crippen molar-refractivity contribution >= 4 is 11.8 Å². The number of hydrogen-bond acceptors (Lipinski definition) is 7. The molecule has 7 nitrogen and oxygen atoms in total. The Morgan fingerprint density at radius 1 is 1.23 bits per heavy atom. The van der Waals surface area contributed by atoms with E-state index in [0.717, 1.165) is 5.70 Å². The van der Waals surface area contributed by atoms with Gasteiger partial charge in [-0.1, -0.05) is 19.9 Å².